The van der Waals surface area contributed by atoms with E-state index in [9.17, 15) is 39.3 Å². The largest absolute Gasteiger partial charge is 0.508 e. The molecule has 0 aliphatic heterocycles. The Kier molecular flexibility index (Phi) is 10.4. The second kappa shape index (κ2) is 13.9. The Morgan fingerprint density at radius 2 is 1.41 bits per heavy atom. The number of carboxylic acids is 2. The number of hydrogen-bond donors (Lipinski definition) is 9. The first-order chi connectivity index (χ1) is 19.5. The standard InChI is InChI=1S/C27H31N5O9/c28-18(11-23(35)36)24(37)32-22(13-33)26(39)30-20(10-15-12-29-19-4-2-1-3-17(15)19)25(38)31-21(27(40)41)9-14-5-7-16(34)8-6-14/h1-8,12,18,20-22,29,33-34H,9-11,13,28H2,(H,30,39)(H,31,38)(H,32,37)(H,35,36)(H,40,41). The lowest BCUT2D eigenvalue weighted by Gasteiger charge is -2.24. The van der Waals surface area contributed by atoms with E-state index < -0.39 is 66.9 Å². The predicted octanol–water partition coefficient (Wildman–Crippen LogP) is -1.01. The number of carbonyl (C=O) groups excluding carboxylic acids is 3. The Hall–Kier alpha value is -4.95. The third-order valence-electron chi connectivity index (χ3n) is 6.27. The van der Waals surface area contributed by atoms with E-state index >= 15 is 0 Å². The molecule has 4 unspecified atom stereocenters. The van der Waals surface area contributed by atoms with Crippen molar-refractivity contribution in [3.8, 4) is 5.75 Å². The number of rotatable bonds is 14. The first-order valence-electron chi connectivity index (χ1n) is 12.5. The first kappa shape index (κ1) is 30.6. The van der Waals surface area contributed by atoms with Gasteiger partial charge in [0.25, 0.3) is 0 Å². The number of hydrogen-bond acceptors (Lipinski definition) is 8. The number of nitrogens with one attached hydrogen (secondary N) is 4. The number of aliphatic hydroxyl groups excluding tert-OH is 1. The zero-order valence-corrected chi connectivity index (χ0v) is 21.7. The van der Waals surface area contributed by atoms with E-state index in [1.54, 1.807) is 24.4 Å². The molecule has 4 atom stereocenters. The van der Waals surface area contributed by atoms with Gasteiger partial charge in [0.15, 0.2) is 0 Å². The fraction of sp³-hybridized carbons (Fsp3) is 0.296. The molecule has 0 bridgehead atoms. The van der Waals surface area contributed by atoms with Crippen molar-refractivity contribution >= 4 is 40.6 Å². The van der Waals surface area contributed by atoms with Crippen LogP contribution in [0.4, 0.5) is 0 Å². The van der Waals surface area contributed by atoms with Crippen LogP contribution in [0.2, 0.25) is 0 Å². The number of aromatic amines is 1. The van der Waals surface area contributed by atoms with Crippen LogP contribution in [0.3, 0.4) is 0 Å². The maximum atomic E-state index is 13.4. The quantitative estimate of drug-likeness (QED) is 0.114. The van der Waals surface area contributed by atoms with Crippen molar-refractivity contribution in [2.24, 2.45) is 5.73 Å². The van der Waals surface area contributed by atoms with Crippen LogP contribution in [0.1, 0.15) is 17.5 Å². The molecule has 0 aliphatic rings. The van der Waals surface area contributed by atoms with E-state index in [0.717, 1.165) is 10.9 Å². The number of carboxylic acid groups (broad SMARTS) is 2. The molecule has 0 fully saturated rings. The van der Waals surface area contributed by atoms with E-state index in [-0.39, 0.29) is 18.6 Å². The molecule has 2 aromatic carbocycles. The van der Waals surface area contributed by atoms with Crippen molar-refractivity contribution in [1.29, 1.82) is 0 Å². The minimum absolute atomic E-state index is 0.0133. The highest BCUT2D eigenvalue weighted by atomic mass is 16.4. The summed E-state index contributed by atoms with van der Waals surface area (Å²) in [6.07, 6.45) is 0.719. The zero-order valence-electron chi connectivity index (χ0n) is 21.7. The molecule has 0 aliphatic carbocycles. The summed E-state index contributed by atoms with van der Waals surface area (Å²) in [6, 6.07) is 7.15. The highest BCUT2D eigenvalue weighted by Gasteiger charge is 2.31. The molecule has 3 aromatic rings. The number of nitrogens with two attached hydrogens (primary N) is 1. The Labute approximate surface area is 233 Å². The number of carbonyl (C=O) groups is 5. The van der Waals surface area contributed by atoms with Crippen molar-refractivity contribution in [3.63, 3.8) is 0 Å². The summed E-state index contributed by atoms with van der Waals surface area (Å²) in [6.45, 7) is -0.891. The summed E-state index contributed by atoms with van der Waals surface area (Å²) >= 11 is 0. The molecule has 14 nitrogen and oxygen atoms in total. The number of phenols is 1. The second-order valence-corrected chi connectivity index (χ2v) is 9.34. The molecular weight excluding hydrogens is 538 g/mol. The van der Waals surface area contributed by atoms with Gasteiger partial charge in [0.2, 0.25) is 17.7 Å². The number of para-hydroxylation sites is 1. The van der Waals surface area contributed by atoms with Gasteiger partial charge in [0.05, 0.1) is 19.1 Å². The molecule has 41 heavy (non-hydrogen) atoms. The molecule has 1 aromatic heterocycles. The maximum Gasteiger partial charge on any atom is 0.326 e. The third-order valence-corrected chi connectivity index (χ3v) is 6.27. The van der Waals surface area contributed by atoms with Crippen LogP contribution >= 0.6 is 0 Å². The highest BCUT2D eigenvalue weighted by Crippen LogP contribution is 2.19. The van der Waals surface area contributed by atoms with Gasteiger partial charge in [0, 0.05) is 29.9 Å². The lowest BCUT2D eigenvalue weighted by Crippen LogP contribution is -2.58. The molecular formula is C27H31N5O9. The van der Waals surface area contributed by atoms with Crippen LogP contribution in [-0.2, 0) is 36.8 Å². The van der Waals surface area contributed by atoms with Crippen LogP contribution in [-0.4, -0.2) is 85.8 Å². The normalized spacial score (nSPS) is 13.9. The monoisotopic (exact) mass is 569 g/mol. The molecule has 3 amide bonds. The average molecular weight is 570 g/mol. The van der Waals surface area contributed by atoms with Crippen molar-refractivity contribution in [2.45, 2.75) is 43.4 Å². The van der Waals surface area contributed by atoms with Crippen molar-refractivity contribution in [3.05, 3.63) is 65.9 Å². The van der Waals surface area contributed by atoms with Gasteiger partial charge >= 0.3 is 11.9 Å². The number of phenolic OH excluding ortho intramolecular Hbond substituents is 1. The van der Waals surface area contributed by atoms with E-state index in [1.807, 2.05) is 6.07 Å². The number of amides is 3. The Bertz CT molecular complexity index is 1410. The summed E-state index contributed by atoms with van der Waals surface area (Å²) in [5.41, 5.74) is 7.43. The maximum absolute atomic E-state index is 13.4. The van der Waals surface area contributed by atoms with E-state index in [0.29, 0.717) is 11.1 Å². The highest BCUT2D eigenvalue weighted by molar-refractivity contribution is 5.95. The van der Waals surface area contributed by atoms with E-state index in [1.165, 1.54) is 24.3 Å². The molecule has 0 saturated carbocycles. The van der Waals surface area contributed by atoms with Crippen molar-refractivity contribution in [1.82, 2.24) is 20.9 Å². The van der Waals surface area contributed by atoms with Gasteiger partial charge in [-0.15, -0.1) is 0 Å². The Morgan fingerprint density at radius 3 is 2.05 bits per heavy atom. The Morgan fingerprint density at radius 1 is 0.805 bits per heavy atom. The predicted molar refractivity (Wildman–Crippen MR) is 145 cm³/mol. The number of aliphatic hydroxyl groups is 1. The van der Waals surface area contributed by atoms with Crippen LogP contribution in [0.5, 0.6) is 5.75 Å². The molecule has 1 heterocycles. The van der Waals surface area contributed by atoms with Gasteiger partial charge in [-0.25, -0.2) is 4.79 Å². The number of aliphatic carboxylic acids is 2. The molecule has 10 N–H and O–H groups in total. The summed E-state index contributed by atoms with van der Waals surface area (Å²) in [5, 5.41) is 45.6. The number of fused-ring (bicyclic) bond motifs is 1. The third kappa shape index (κ3) is 8.52. The van der Waals surface area contributed by atoms with Gasteiger partial charge in [0.1, 0.15) is 23.9 Å². The van der Waals surface area contributed by atoms with Crippen LogP contribution in [0.25, 0.3) is 10.9 Å². The van der Waals surface area contributed by atoms with Gasteiger partial charge in [-0.05, 0) is 29.3 Å². The first-order valence-corrected chi connectivity index (χ1v) is 12.5. The van der Waals surface area contributed by atoms with Gasteiger partial charge in [-0.1, -0.05) is 30.3 Å². The topological polar surface area (TPSA) is 244 Å². The molecule has 14 heteroatoms. The fourth-order valence-electron chi connectivity index (χ4n) is 4.10. The van der Waals surface area contributed by atoms with Crippen LogP contribution in [0.15, 0.2) is 54.7 Å². The minimum atomic E-state index is -1.58. The number of aromatic hydroxyl groups is 1. The summed E-state index contributed by atoms with van der Waals surface area (Å²) in [7, 11) is 0. The van der Waals surface area contributed by atoms with Crippen molar-refractivity contribution in [2.75, 3.05) is 6.61 Å². The second-order valence-electron chi connectivity index (χ2n) is 9.34. The van der Waals surface area contributed by atoms with Crippen LogP contribution < -0.4 is 21.7 Å². The van der Waals surface area contributed by atoms with Gasteiger partial charge in [-0.2, -0.15) is 0 Å². The smallest absolute Gasteiger partial charge is 0.326 e. The Balaban J connectivity index is 1.82. The lowest BCUT2D eigenvalue weighted by atomic mass is 10.0. The molecule has 218 valence electrons. The van der Waals surface area contributed by atoms with E-state index in [2.05, 4.69) is 20.9 Å². The van der Waals surface area contributed by atoms with E-state index in [4.69, 9.17) is 10.8 Å². The van der Waals surface area contributed by atoms with Crippen molar-refractivity contribution < 1.29 is 44.4 Å². The van der Waals surface area contributed by atoms with Gasteiger partial charge in [-0.3, -0.25) is 19.2 Å². The average Bonchev–Trinajstić information content (AvgIpc) is 3.34. The van der Waals surface area contributed by atoms with Gasteiger partial charge < -0.3 is 47.1 Å². The molecule has 0 radical (unpaired) electrons. The minimum Gasteiger partial charge on any atom is -0.508 e. The SMILES string of the molecule is NC(CC(=O)O)C(=O)NC(CO)C(=O)NC(Cc1c[nH]c2ccccc12)C(=O)NC(Cc1ccc(O)cc1)C(=O)O. The number of benzene rings is 2. The number of H-pyrrole nitrogens is 1. The number of aromatic nitrogens is 1. The molecule has 0 saturated heterocycles. The summed E-state index contributed by atoms with van der Waals surface area (Å²) < 4.78 is 0. The lowest BCUT2D eigenvalue weighted by molar-refractivity contribution is -0.142. The fourth-order valence-corrected chi connectivity index (χ4v) is 4.10. The zero-order chi connectivity index (χ0) is 30.1. The molecule has 3 rings (SSSR count). The summed E-state index contributed by atoms with van der Waals surface area (Å²) in [4.78, 5) is 64.5. The van der Waals surface area contributed by atoms with Crippen LogP contribution in [0, 0.1) is 0 Å². The molecule has 0 spiro atoms. The summed E-state index contributed by atoms with van der Waals surface area (Å²) in [5.74, 6) is -5.52.